The van der Waals surface area contributed by atoms with Gasteiger partial charge in [-0.2, -0.15) is 26.1 Å². The number of hydrogen-bond acceptors (Lipinski definition) is 14. The maximum atomic E-state index is 13.2. The van der Waals surface area contributed by atoms with E-state index in [2.05, 4.69) is 6.08 Å². The number of phosphoric acid groups is 2. The molecule has 0 radical (unpaired) electrons. The van der Waals surface area contributed by atoms with E-state index >= 15 is 0 Å². The van der Waals surface area contributed by atoms with Crippen LogP contribution in [0.5, 0.6) is 0 Å². The van der Waals surface area contributed by atoms with Crippen LogP contribution >= 0.6 is 15.6 Å². The van der Waals surface area contributed by atoms with Crippen molar-refractivity contribution < 1.29 is 41.5 Å². The first-order chi connectivity index (χ1) is 20.6. The Balaban J connectivity index is 1.59. The molecule has 1 heterocycles. The highest BCUT2D eigenvalue weighted by Gasteiger charge is 2.56. The van der Waals surface area contributed by atoms with Crippen molar-refractivity contribution in [1.82, 2.24) is 5.06 Å². The highest BCUT2D eigenvalue weighted by atomic mass is 31.2. The van der Waals surface area contributed by atoms with Crippen LogP contribution in [-0.2, 0) is 36.3 Å². The zero-order chi connectivity index (χ0) is 31.4. The molecule has 0 atom stereocenters. The Kier molecular flexibility index (Phi) is 13.3. The Bertz CT molecular complexity index is 1190. The molecule has 3 rings (SSSR count). The fourth-order valence-corrected chi connectivity index (χ4v) is 8.70. The number of phosphoric ester groups is 2. The molecule has 236 valence electrons. The summed E-state index contributed by atoms with van der Waals surface area (Å²) in [7, 11) is -7.95. The molecule has 2 aliphatic carbocycles. The predicted octanol–water partition coefficient (Wildman–Crippen LogP) is 5.97. The van der Waals surface area contributed by atoms with Crippen LogP contribution in [0.25, 0.3) is 0 Å². The molecule has 0 aromatic carbocycles. The highest BCUT2D eigenvalue weighted by molar-refractivity contribution is 7.48. The van der Waals surface area contributed by atoms with Gasteiger partial charge < -0.3 is 5.21 Å². The summed E-state index contributed by atoms with van der Waals surface area (Å²) in [5.74, 6) is 0. The van der Waals surface area contributed by atoms with Crippen molar-refractivity contribution in [2.24, 2.45) is 0 Å². The van der Waals surface area contributed by atoms with Gasteiger partial charge in [0.1, 0.15) is 0 Å². The number of hydroxylamine groups is 2. The molecule has 0 unspecified atom stereocenters. The molecule has 2 saturated carbocycles. The zero-order valence-electron chi connectivity index (χ0n) is 24.4. The van der Waals surface area contributed by atoms with Crippen molar-refractivity contribution in [3.63, 3.8) is 0 Å². The smallest absolute Gasteiger partial charge is 0.312 e. The second-order valence-corrected chi connectivity index (χ2v) is 14.0. The lowest BCUT2D eigenvalue weighted by Crippen LogP contribution is -2.57. The average Bonchev–Trinajstić information content (AvgIpc) is 3.17. The van der Waals surface area contributed by atoms with Crippen molar-refractivity contribution in [3.05, 3.63) is 11.6 Å². The van der Waals surface area contributed by atoms with Gasteiger partial charge in [-0.1, -0.05) is 11.6 Å². The summed E-state index contributed by atoms with van der Waals surface area (Å²) in [5, 5.41) is 48.2. The van der Waals surface area contributed by atoms with Gasteiger partial charge >= 0.3 is 15.6 Å². The molecule has 0 aromatic rings. The van der Waals surface area contributed by atoms with Crippen LogP contribution in [0.2, 0.25) is 0 Å². The lowest BCUT2D eigenvalue weighted by molar-refractivity contribution is -0.226. The molecule has 43 heavy (non-hydrogen) atoms. The molecule has 1 N–H and O–H groups in total. The van der Waals surface area contributed by atoms with Crippen LogP contribution in [-0.4, -0.2) is 60.0 Å². The average molecular weight is 640 g/mol. The monoisotopic (exact) mass is 639 g/mol. The Morgan fingerprint density at radius 3 is 1.44 bits per heavy atom. The topological polar surface area (TPSA) is 208 Å². The molecular formula is C27H39N5O9P2. The van der Waals surface area contributed by atoms with Crippen molar-refractivity contribution in [1.29, 1.82) is 21.0 Å². The van der Waals surface area contributed by atoms with Crippen molar-refractivity contribution in [2.75, 3.05) is 26.4 Å². The van der Waals surface area contributed by atoms with E-state index in [1.165, 1.54) is 5.06 Å². The van der Waals surface area contributed by atoms with Crippen LogP contribution in [0.4, 0.5) is 0 Å². The van der Waals surface area contributed by atoms with Gasteiger partial charge in [-0.25, -0.2) is 9.13 Å². The summed E-state index contributed by atoms with van der Waals surface area (Å²) in [6.45, 7) is 1.50. The first kappa shape index (κ1) is 35.3. The van der Waals surface area contributed by atoms with Gasteiger partial charge in [0, 0.05) is 0 Å². The van der Waals surface area contributed by atoms with Crippen LogP contribution in [0.3, 0.4) is 0 Å². The van der Waals surface area contributed by atoms with E-state index in [1.807, 2.05) is 31.2 Å². The molecule has 2 spiro atoms. The number of nitrogens with zero attached hydrogens (tertiary/aromatic N) is 5. The number of nitriles is 4. The standard InChI is InChI=1S/C27H39N5O9P2/c1-23-22-26(10-6-24(7-11-26)40-42(34,36-18-2-14-28)37-19-3-15-29)32(33)27(23)12-8-25(9-13-27)41-43(35,38-20-4-16-30)39-21-5-17-31/h22,24-25,33H,2-13,18-21H2,1H3. The van der Waals surface area contributed by atoms with E-state index < -0.39 is 38.9 Å². The Hall–Kier alpha value is -2.16. The summed E-state index contributed by atoms with van der Waals surface area (Å²) in [5.41, 5.74) is -0.241. The minimum atomic E-state index is -3.98. The fraction of sp³-hybridized carbons (Fsp3) is 0.778. The second-order valence-electron chi connectivity index (χ2n) is 10.7. The zero-order valence-corrected chi connectivity index (χ0v) is 26.2. The van der Waals surface area contributed by atoms with E-state index in [-0.39, 0.29) is 52.1 Å². The van der Waals surface area contributed by atoms with E-state index in [4.69, 9.17) is 48.2 Å². The fourth-order valence-electron chi connectivity index (χ4n) is 5.90. The summed E-state index contributed by atoms with van der Waals surface area (Å²) < 4.78 is 59.0. The molecule has 0 saturated heterocycles. The lowest BCUT2D eigenvalue weighted by atomic mass is 9.76. The van der Waals surface area contributed by atoms with Crippen LogP contribution in [0, 0.1) is 45.3 Å². The summed E-state index contributed by atoms with van der Waals surface area (Å²) in [6, 6.07) is 7.64. The first-order valence-electron chi connectivity index (χ1n) is 14.4. The predicted molar refractivity (Wildman–Crippen MR) is 149 cm³/mol. The first-order valence-corrected chi connectivity index (χ1v) is 17.3. The Labute approximate surface area is 252 Å². The van der Waals surface area contributed by atoms with E-state index in [1.54, 1.807) is 0 Å². The molecular weight excluding hydrogens is 600 g/mol. The normalized spacial score (nSPS) is 27.7. The van der Waals surface area contributed by atoms with Gasteiger partial charge in [0.05, 0.1) is 99.7 Å². The van der Waals surface area contributed by atoms with Crippen molar-refractivity contribution in [3.8, 4) is 24.3 Å². The second kappa shape index (κ2) is 16.2. The summed E-state index contributed by atoms with van der Waals surface area (Å²) in [4.78, 5) is 0. The lowest BCUT2D eigenvalue weighted by Gasteiger charge is -2.49. The van der Waals surface area contributed by atoms with Gasteiger partial charge in [-0.3, -0.25) is 27.1 Å². The molecule has 3 aliphatic rings. The third kappa shape index (κ3) is 9.18. The van der Waals surface area contributed by atoms with Gasteiger partial charge in [0.25, 0.3) is 0 Å². The van der Waals surface area contributed by atoms with Gasteiger partial charge in [0.15, 0.2) is 0 Å². The van der Waals surface area contributed by atoms with Gasteiger partial charge in [0.2, 0.25) is 0 Å². The number of rotatable bonds is 16. The molecule has 1 aliphatic heterocycles. The molecule has 2 fully saturated rings. The van der Waals surface area contributed by atoms with Gasteiger partial charge in [-0.05, 0) is 58.3 Å². The van der Waals surface area contributed by atoms with Crippen LogP contribution < -0.4 is 0 Å². The third-order valence-electron chi connectivity index (χ3n) is 8.01. The van der Waals surface area contributed by atoms with Crippen LogP contribution in [0.15, 0.2) is 11.6 Å². The van der Waals surface area contributed by atoms with E-state index in [9.17, 15) is 14.3 Å². The maximum Gasteiger partial charge on any atom is 0.475 e. The van der Waals surface area contributed by atoms with Crippen molar-refractivity contribution >= 4 is 15.6 Å². The largest absolute Gasteiger partial charge is 0.475 e. The maximum absolute atomic E-state index is 13.2. The minimum Gasteiger partial charge on any atom is -0.312 e. The number of hydrogen-bond donors (Lipinski definition) is 1. The minimum absolute atomic E-state index is 0.0141. The van der Waals surface area contributed by atoms with Crippen LogP contribution in [0.1, 0.15) is 84.0 Å². The van der Waals surface area contributed by atoms with E-state index in [0.717, 1.165) is 5.57 Å². The Morgan fingerprint density at radius 1 is 0.744 bits per heavy atom. The van der Waals surface area contributed by atoms with Gasteiger partial charge in [-0.15, -0.1) is 0 Å². The summed E-state index contributed by atoms with van der Waals surface area (Å²) >= 11 is 0. The molecule has 0 bridgehead atoms. The third-order valence-corrected chi connectivity index (χ3v) is 11.1. The molecule has 0 amide bonds. The van der Waals surface area contributed by atoms with Crippen molar-refractivity contribution in [2.45, 2.75) is 107 Å². The molecule has 0 aromatic heterocycles. The summed E-state index contributed by atoms with van der Waals surface area (Å²) in [6.07, 6.45) is 5.24. The van der Waals surface area contributed by atoms with E-state index in [0.29, 0.717) is 51.4 Å². The molecule has 16 heteroatoms. The quantitative estimate of drug-likeness (QED) is 0.117. The SMILES string of the molecule is CC1=CC2(CCC(OP(=O)(OCCC#N)OCCC#N)CC2)N(O)C12CCC(OP(=O)(OCCC#N)OCCC#N)CC2. The highest BCUT2D eigenvalue weighted by Crippen LogP contribution is 2.58. The Morgan fingerprint density at radius 2 is 1.09 bits per heavy atom. The molecule has 14 nitrogen and oxygen atoms in total.